The van der Waals surface area contributed by atoms with Gasteiger partial charge in [0.15, 0.2) is 0 Å². The van der Waals surface area contributed by atoms with Crippen molar-refractivity contribution in [2.45, 2.75) is 33.2 Å². The van der Waals surface area contributed by atoms with Gasteiger partial charge in [-0.05, 0) is 66.5 Å². The SMILES string of the molecule is CCCNC(c1ccc(C)s1)c1cc(Br)sc1C. The van der Waals surface area contributed by atoms with E-state index < -0.39 is 0 Å². The molecule has 0 spiro atoms. The fourth-order valence-corrected chi connectivity index (χ4v) is 4.73. The van der Waals surface area contributed by atoms with Crippen LogP contribution in [0.4, 0.5) is 0 Å². The van der Waals surface area contributed by atoms with Gasteiger partial charge in [-0.25, -0.2) is 0 Å². The van der Waals surface area contributed by atoms with Crippen LogP contribution in [0.1, 0.15) is 39.6 Å². The topological polar surface area (TPSA) is 12.0 Å². The van der Waals surface area contributed by atoms with E-state index in [1.165, 1.54) is 24.0 Å². The molecule has 0 aliphatic carbocycles. The molecule has 2 aromatic heterocycles. The molecule has 2 aromatic rings. The predicted octanol–water partition coefficient (Wildman–Crippen LogP) is 5.28. The third kappa shape index (κ3) is 3.23. The first-order chi connectivity index (χ1) is 8.61. The van der Waals surface area contributed by atoms with Gasteiger partial charge in [0.2, 0.25) is 0 Å². The normalized spacial score (nSPS) is 12.9. The number of thiophene rings is 2. The number of rotatable bonds is 5. The first-order valence-electron chi connectivity index (χ1n) is 6.17. The van der Waals surface area contributed by atoms with E-state index in [4.69, 9.17) is 0 Å². The summed E-state index contributed by atoms with van der Waals surface area (Å²) in [6.45, 7) is 7.63. The minimum atomic E-state index is 0.339. The molecule has 0 amide bonds. The van der Waals surface area contributed by atoms with Crippen molar-refractivity contribution in [1.29, 1.82) is 0 Å². The highest BCUT2D eigenvalue weighted by atomic mass is 79.9. The molecule has 0 aliphatic heterocycles. The van der Waals surface area contributed by atoms with Crippen LogP contribution in [-0.2, 0) is 0 Å². The number of aryl methyl sites for hydroxylation is 2. The second kappa shape index (κ2) is 6.33. The Balaban J connectivity index is 2.33. The van der Waals surface area contributed by atoms with Crippen molar-refractivity contribution in [2.75, 3.05) is 6.54 Å². The van der Waals surface area contributed by atoms with Gasteiger partial charge < -0.3 is 5.32 Å². The van der Waals surface area contributed by atoms with E-state index in [0.29, 0.717) is 6.04 Å². The summed E-state index contributed by atoms with van der Waals surface area (Å²) in [4.78, 5) is 4.18. The van der Waals surface area contributed by atoms with E-state index in [-0.39, 0.29) is 0 Å². The lowest BCUT2D eigenvalue weighted by molar-refractivity contribution is 0.605. The maximum atomic E-state index is 3.67. The molecule has 1 unspecified atom stereocenters. The molecule has 18 heavy (non-hydrogen) atoms. The van der Waals surface area contributed by atoms with Gasteiger partial charge in [0.05, 0.1) is 9.83 Å². The Morgan fingerprint density at radius 3 is 2.56 bits per heavy atom. The van der Waals surface area contributed by atoms with Crippen LogP contribution < -0.4 is 5.32 Å². The summed E-state index contributed by atoms with van der Waals surface area (Å²) >= 11 is 7.29. The fourth-order valence-electron chi connectivity index (χ4n) is 2.01. The van der Waals surface area contributed by atoms with Crippen LogP contribution in [-0.4, -0.2) is 6.54 Å². The lowest BCUT2D eigenvalue weighted by atomic mass is 10.1. The summed E-state index contributed by atoms with van der Waals surface area (Å²) in [6.07, 6.45) is 1.16. The summed E-state index contributed by atoms with van der Waals surface area (Å²) in [7, 11) is 0. The monoisotopic (exact) mass is 343 g/mol. The molecule has 2 heterocycles. The van der Waals surface area contributed by atoms with Crippen LogP contribution in [0.3, 0.4) is 0 Å². The molecule has 2 rings (SSSR count). The molecule has 0 saturated heterocycles. The summed E-state index contributed by atoms with van der Waals surface area (Å²) < 4.78 is 1.21. The first-order valence-corrected chi connectivity index (χ1v) is 8.60. The highest BCUT2D eigenvalue weighted by Gasteiger charge is 2.19. The Bertz CT molecular complexity index is 516. The molecule has 0 bridgehead atoms. The number of halogens is 1. The van der Waals surface area contributed by atoms with Gasteiger partial charge in [0, 0.05) is 14.6 Å². The Hall–Kier alpha value is -0.160. The minimum Gasteiger partial charge on any atom is -0.306 e. The molecule has 0 radical (unpaired) electrons. The largest absolute Gasteiger partial charge is 0.306 e. The molecule has 1 N–H and O–H groups in total. The summed E-state index contributed by atoms with van der Waals surface area (Å²) in [6, 6.07) is 7.05. The Labute approximate surface area is 125 Å². The molecule has 0 saturated carbocycles. The molecular formula is C14H18BrNS2. The van der Waals surface area contributed by atoms with E-state index in [2.05, 4.69) is 60.2 Å². The Morgan fingerprint density at radius 1 is 1.28 bits per heavy atom. The van der Waals surface area contributed by atoms with Gasteiger partial charge in [-0.1, -0.05) is 6.92 Å². The van der Waals surface area contributed by atoms with Crippen molar-refractivity contribution in [2.24, 2.45) is 0 Å². The van der Waals surface area contributed by atoms with E-state index >= 15 is 0 Å². The smallest absolute Gasteiger partial charge is 0.0704 e. The Kier molecular flexibility index (Phi) is 5.01. The first kappa shape index (κ1) is 14.3. The number of hydrogen-bond donors (Lipinski definition) is 1. The van der Waals surface area contributed by atoms with Crippen LogP contribution >= 0.6 is 38.6 Å². The Morgan fingerprint density at radius 2 is 2.06 bits per heavy atom. The van der Waals surface area contributed by atoms with E-state index in [1.54, 1.807) is 0 Å². The second-order valence-electron chi connectivity index (χ2n) is 4.40. The summed E-state index contributed by atoms with van der Waals surface area (Å²) in [5.74, 6) is 0. The zero-order valence-corrected chi connectivity index (χ0v) is 14.1. The number of nitrogens with one attached hydrogen (secondary N) is 1. The van der Waals surface area contributed by atoms with Crippen LogP contribution in [0.5, 0.6) is 0 Å². The molecule has 0 aliphatic rings. The molecule has 0 aromatic carbocycles. The minimum absolute atomic E-state index is 0.339. The van der Waals surface area contributed by atoms with Crippen LogP contribution in [0.15, 0.2) is 22.0 Å². The summed E-state index contributed by atoms with van der Waals surface area (Å²) in [5, 5.41) is 3.67. The zero-order valence-electron chi connectivity index (χ0n) is 10.9. The van der Waals surface area contributed by atoms with Gasteiger partial charge in [-0.3, -0.25) is 0 Å². The highest BCUT2D eigenvalue weighted by Crippen LogP contribution is 2.35. The summed E-state index contributed by atoms with van der Waals surface area (Å²) in [5.41, 5.74) is 1.40. The van der Waals surface area contributed by atoms with Gasteiger partial charge in [-0.15, -0.1) is 22.7 Å². The molecule has 1 atom stereocenters. The third-order valence-corrected chi connectivity index (χ3v) is 5.52. The van der Waals surface area contributed by atoms with E-state index in [9.17, 15) is 0 Å². The average Bonchev–Trinajstić information content (AvgIpc) is 2.87. The van der Waals surface area contributed by atoms with Crippen LogP contribution in [0.25, 0.3) is 0 Å². The second-order valence-corrected chi connectivity index (χ2v) is 8.35. The van der Waals surface area contributed by atoms with Gasteiger partial charge in [-0.2, -0.15) is 0 Å². The average molecular weight is 344 g/mol. The van der Waals surface area contributed by atoms with Crippen molar-refractivity contribution in [3.8, 4) is 0 Å². The van der Waals surface area contributed by atoms with E-state index in [1.807, 2.05) is 22.7 Å². The zero-order chi connectivity index (χ0) is 13.1. The van der Waals surface area contributed by atoms with Crippen molar-refractivity contribution in [3.63, 3.8) is 0 Å². The van der Waals surface area contributed by atoms with Gasteiger partial charge in [0.1, 0.15) is 0 Å². The maximum Gasteiger partial charge on any atom is 0.0704 e. The predicted molar refractivity (Wildman–Crippen MR) is 85.9 cm³/mol. The van der Waals surface area contributed by atoms with E-state index in [0.717, 1.165) is 13.0 Å². The van der Waals surface area contributed by atoms with Gasteiger partial charge >= 0.3 is 0 Å². The fraction of sp³-hybridized carbons (Fsp3) is 0.429. The molecule has 0 fully saturated rings. The van der Waals surface area contributed by atoms with Crippen LogP contribution in [0.2, 0.25) is 0 Å². The maximum absolute atomic E-state index is 3.67. The molecular weight excluding hydrogens is 326 g/mol. The van der Waals surface area contributed by atoms with Crippen molar-refractivity contribution in [1.82, 2.24) is 5.32 Å². The third-order valence-electron chi connectivity index (χ3n) is 2.88. The molecule has 98 valence electrons. The van der Waals surface area contributed by atoms with Crippen molar-refractivity contribution < 1.29 is 0 Å². The van der Waals surface area contributed by atoms with Crippen molar-refractivity contribution in [3.05, 3.63) is 42.2 Å². The van der Waals surface area contributed by atoms with Crippen molar-refractivity contribution >= 4 is 38.6 Å². The lowest BCUT2D eigenvalue weighted by Crippen LogP contribution is -2.22. The van der Waals surface area contributed by atoms with Crippen LogP contribution in [0, 0.1) is 13.8 Å². The molecule has 1 nitrogen and oxygen atoms in total. The standard InChI is InChI=1S/C14H18BrNS2/c1-4-7-16-14(12-6-5-9(2)17-12)11-8-13(15)18-10(11)3/h5-6,8,14,16H,4,7H2,1-3H3. The quantitative estimate of drug-likeness (QED) is 0.778. The number of hydrogen-bond acceptors (Lipinski definition) is 3. The van der Waals surface area contributed by atoms with Gasteiger partial charge in [0.25, 0.3) is 0 Å². The lowest BCUT2D eigenvalue weighted by Gasteiger charge is -2.17. The molecule has 4 heteroatoms. The highest BCUT2D eigenvalue weighted by molar-refractivity contribution is 9.11.